The normalized spacial score (nSPS) is 19.3. The van der Waals surface area contributed by atoms with Crippen LogP contribution in [0.5, 0.6) is 0 Å². The Labute approximate surface area is 172 Å². The average Bonchev–Trinajstić information content (AvgIpc) is 2.75. The summed E-state index contributed by atoms with van der Waals surface area (Å²) in [7, 11) is 0. The lowest BCUT2D eigenvalue weighted by molar-refractivity contribution is -0.160. The summed E-state index contributed by atoms with van der Waals surface area (Å²) < 4.78 is 5.41. The predicted molar refractivity (Wildman–Crippen MR) is 113 cm³/mol. The fraction of sp³-hybridized carbons (Fsp3) is 0.375. The van der Waals surface area contributed by atoms with Gasteiger partial charge in [0.1, 0.15) is 0 Å². The highest BCUT2D eigenvalue weighted by atomic mass is 16.5. The maximum absolute atomic E-state index is 12.9. The molecule has 1 atom stereocenters. The molecule has 1 saturated heterocycles. The van der Waals surface area contributed by atoms with E-state index in [2.05, 4.69) is 4.98 Å². The molecule has 0 unspecified atom stereocenters. The zero-order chi connectivity index (χ0) is 20.5. The molecule has 0 N–H and O–H groups in total. The second-order valence-electron chi connectivity index (χ2n) is 7.47. The molecule has 0 spiro atoms. The minimum atomic E-state index is -0.690. The van der Waals surface area contributed by atoms with Crippen LogP contribution in [0.25, 0.3) is 6.08 Å². The summed E-state index contributed by atoms with van der Waals surface area (Å²) in [6, 6.07) is 13.7. The van der Waals surface area contributed by atoms with Gasteiger partial charge in [0.05, 0.1) is 18.4 Å². The van der Waals surface area contributed by atoms with E-state index in [9.17, 15) is 9.59 Å². The number of benzene rings is 1. The molecule has 152 valence electrons. The first-order valence-electron chi connectivity index (χ1n) is 10.2. The monoisotopic (exact) mass is 392 g/mol. The van der Waals surface area contributed by atoms with Gasteiger partial charge in [-0.05, 0) is 43.4 Å². The van der Waals surface area contributed by atoms with E-state index in [1.165, 1.54) is 0 Å². The zero-order valence-electron chi connectivity index (χ0n) is 16.9. The Balaban J connectivity index is 1.73. The van der Waals surface area contributed by atoms with Crippen LogP contribution in [-0.4, -0.2) is 41.5 Å². The number of carbonyl (C=O) groups is 2. The molecular weight excluding hydrogens is 364 g/mol. The fourth-order valence-corrected chi connectivity index (χ4v) is 3.82. The van der Waals surface area contributed by atoms with E-state index in [4.69, 9.17) is 4.74 Å². The molecule has 1 aromatic carbocycles. The summed E-state index contributed by atoms with van der Waals surface area (Å²) >= 11 is 0. The summed E-state index contributed by atoms with van der Waals surface area (Å²) in [5.41, 5.74) is 1.28. The molecule has 1 aliphatic rings. The molecule has 1 aromatic heterocycles. The number of nitrogens with zero attached hydrogens (tertiary/aromatic N) is 2. The average molecular weight is 392 g/mol. The Morgan fingerprint density at radius 1 is 1.21 bits per heavy atom. The number of esters is 1. The van der Waals surface area contributed by atoms with E-state index in [1.807, 2.05) is 66.4 Å². The van der Waals surface area contributed by atoms with E-state index in [0.717, 1.165) is 24.0 Å². The number of pyridine rings is 1. The Bertz CT molecular complexity index is 836. The van der Waals surface area contributed by atoms with E-state index in [-0.39, 0.29) is 11.9 Å². The number of allylic oxidation sites excluding steroid dienone is 1. The van der Waals surface area contributed by atoms with Crippen LogP contribution in [0.4, 0.5) is 0 Å². The van der Waals surface area contributed by atoms with Crippen molar-refractivity contribution in [1.82, 2.24) is 9.88 Å². The smallest absolute Gasteiger partial charge is 0.314 e. The van der Waals surface area contributed by atoms with E-state index < -0.39 is 5.41 Å². The van der Waals surface area contributed by atoms with Gasteiger partial charge in [-0.3, -0.25) is 14.6 Å². The summed E-state index contributed by atoms with van der Waals surface area (Å²) in [5, 5.41) is 0. The van der Waals surface area contributed by atoms with Crippen molar-refractivity contribution in [2.24, 2.45) is 5.41 Å². The number of hydrogen-bond acceptors (Lipinski definition) is 4. The lowest BCUT2D eigenvalue weighted by Crippen LogP contribution is -2.50. The number of amides is 1. The van der Waals surface area contributed by atoms with Crippen molar-refractivity contribution in [2.75, 3.05) is 19.7 Å². The Hall–Kier alpha value is -2.95. The summed E-state index contributed by atoms with van der Waals surface area (Å²) in [5.74, 6) is -0.185. The van der Waals surface area contributed by atoms with Crippen molar-refractivity contribution in [3.8, 4) is 0 Å². The number of ether oxygens (including phenoxy) is 1. The highest BCUT2D eigenvalue weighted by Gasteiger charge is 2.43. The van der Waals surface area contributed by atoms with Crippen molar-refractivity contribution in [3.05, 3.63) is 72.1 Å². The number of hydrogen-bond donors (Lipinski definition) is 0. The highest BCUT2D eigenvalue weighted by Crippen LogP contribution is 2.36. The molecule has 1 aliphatic heterocycles. The standard InChI is InChI=1S/C24H28N2O3/c1-2-29-23(28)24(13-6-11-20-9-4-3-5-10-20)14-8-16-26(19-24)22(27)17-21-12-7-15-25-18-21/h3-7,9-12,15,18H,2,8,13-14,16-17,19H2,1H3/b11-6+/t24-/m0/s1. The predicted octanol–water partition coefficient (Wildman–Crippen LogP) is 3.90. The van der Waals surface area contributed by atoms with Gasteiger partial charge in [0, 0.05) is 25.5 Å². The molecule has 29 heavy (non-hydrogen) atoms. The number of rotatable bonds is 7. The van der Waals surface area contributed by atoms with Crippen LogP contribution >= 0.6 is 0 Å². The summed E-state index contributed by atoms with van der Waals surface area (Å²) in [4.78, 5) is 31.6. The fourth-order valence-electron chi connectivity index (χ4n) is 3.82. The van der Waals surface area contributed by atoms with Crippen molar-refractivity contribution in [2.45, 2.75) is 32.6 Å². The van der Waals surface area contributed by atoms with Crippen LogP contribution in [0.3, 0.4) is 0 Å². The minimum Gasteiger partial charge on any atom is -0.466 e. The van der Waals surface area contributed by atoms with Crippen LogP contribution in [0.15, 0.2) is 60.9 Å². The van der Waals surface area contributed by atoms with Crippen LogP contribution in [-0.2, 0) is 20.7 Å². The molecule has 5 nitrogen and oxygen atoms in total. The van der Waals surface area contributed by atoms with Crippen LogP contribution < -0.4 is 0 Å². The summed E-state index contributed by atoms with van der Waals surface area (Å²) in [6.07, 6.45) is 9.82. The Morgan fingerprint density at radius 2 is 2.03 bits per heavy atom. The number of aromatic nitrogens is 1. The van der Waals surface area contributed by atoms with E-state index >= 15 is 0 Å². The molecule has 3 rings (SSSR count). The van der Waals surface area contributed by atoms with Crippen molar-refractivity contribution < 1.29 is 14.3 Å². The zero-order valence-corrected chi connectivity index (χ0v) is 16.9. The van der Waals surface area contributed by atoms with E-state index in [1.54, 1.807) is 12.4 Å². The number of likely N-dealkylation sites (tertiary alicyclic amines) is 1. The molecule has 2 aromatic rings. The Morgan fingerprint density at radius 3 is 2.76 bits per heavy atom. The van der Waals surface area contributed by atoms with Gasteiger partial charge in [-0.15, -0.1) is 0 Å². The quantitative estimate of drug-likeness (QED) is 0.671. The third-order valence-corrected chi connectivity index (χ3v) is 5.33. The minimum absolute atomic E-state index is 0.0263. The molecule has 0 bridgehead atoms. The van der Waals surface area contributed by atoms with Crippen molar-refractivity contribution in [1.29, 1.82) is 0 Å². The second-order valence-corrected chi connectivity index (χ2v) is 7.47. The van der Waals surface area contributed by atoms with Gasteiger partial charge < -0.3 is 9.64 Å². The van der Waals surface area contributed by atoms with Gasteiger partial charge in [-0.25, -0.2) is 0 Å². The van der Waals surface area contributed by atoms with Gasteiger partial charge in [-0.1, -0.05) is 48.6 Å². The molecule has 5 heteroatoms. The molecular formula is C24H28N2O3. The maximum atomic E-state index is 12.9. The Kier molecular flexibility index (Phi) is 7.17. The van der Waals surface area contributed by atoms with Gasteiger partial charge in [0.25, 0.3) is 0 Å². The molecule has 0 radical (unpaired) electrons. The first kappa shape index (κ1) is 20.8. The SMILES string of the molecule is CCOC(=O)[C@@]1(C/C=C/c2ccccc2)CCCN(C(=O)Cc2cccnc2)C1. The lowest BCUT2D eigenvalue weighted by Gasteiger charge is -2.40. The first-order chi connectivity index (χ1) is 14.1. The second kappa shape index (κ2) is 10.0. The number of piperidine rings is 1. The molecule has 2 heterocycles. The highest BCUT2D eigenvalue weighted by molar-refractivity contribution is 5.82. The van der Waals surface area contributed by atoms with Gasteiger partial charge >= 0.3 is 5.97 Å². The van der Waals surface area contributed by atoms with Gasteiger partial charge in [-0.2, -0.15) is 0 Å². The summed E-state index contributed by atoms with van der Waals surface area (Å²) in [6.45, 7) is 3.22. The molecule has 1 amide bonds. The first-order valence-corrected chi connectivity index (χ1v) is 10.2. The van der Waals surface area contributed by atoms with E-state index in [0.29, 0.717) is 32.5 Å². The largest absolute Gasteiger partial charge is 0.466 e. The third-order valence-electron chi connectivity index (χ3n) is 5.33. The van der Waals surface area contributed by atoms with Crippen molar-refractivity contribution >= 4 is 18.0 Å². The molecule has 1 fully saturated rings. The lowest BCUT2D eigenvalue weighted by atomic mass is 9.76. The van der Waals surface area contributed by atoms with Crippen LogP contribution in [0.1, 0.15) is 37.3 Å². The number of carbonyl (C=O) groups excluding carboxylic acids is 2. The maximum Gasteiger partial charge on any atom is 0.314 e. The third kappa shape index (κ3) is 5.53. The van der Waals surface area contributed by atoms with Crippen molar-refractivity contribution in [3.63, 3.8) is 0 Å². The van der Waals surface area contributed by atoms with Crippen LogP contribution in [0.2, 0.25) is 0 Å². The van der Waals surface area contributed by atoms with Gasteiger partial charge in [0.2, 0.25) is 5.91 Å². The molecule has 0 saturated carbocycles. The van der Waals surface area contributed by atoms with Crippen LogP contribution in [0, 0.1) is 5.41 Å². The van der Waals surface area contributed by atoms with Gasteiger partial charge in [0.15, 0.2) is 0 Å². The molecule has 0 aliphatic carbocycles. The topological polar surface area (TPSA) is 59.5 Å².